The smallest absolute Gasteiger partial charge is 0.409 e. The minimum absolute atomic E-state index is 0.0451. The lowest BCUT2D eigenvalue weighted by Gasteiger charge is -2.42. The van der Waals surface area contributed by atoms with Crippen LogP contribution in [0.1, 0.15) is 36.3 Å². The number of aliphatic carboxylic acids is 1. The SMILES string of the molecule is O=C(O)C[C@]12CC[C@H]1CN(C(=O)OCC1c3ccccc3-c3ccccc31)C2. The highest BCUT2D eigenvalue weighted by atomic mass is 16.6. The summed E-state index contributed by atoms with van der Waals surface area (Å²) in [5.74, 6) is -0.438. The fourth-order valence-corrected chi connectivity index (χ4v) is 5.37. The van der Waals surface area contributed by atoms with Gasteiger partial charge in [0.25, 0.3) is 0 Å². The number of carboxylic acid groups (broad SMARTS) is 1. The molecule has 2 aromatic carbocycles. The van der Waals surface area contributed by atoms with Crippen LogP contribution in [-0.2, 0) is 9.53 Å². The van der Waals surface area contributed by atoms with E-state index in [0.29, 0.717) is 25.6 Å². The number of ether oxygens (including phenoxy) is 1. The molecule has 1 N–H and O–H groups in total. The number of rotatable bonds is 4. The average molecular weight is 377 g/mol. The molecule has 2 aliphatic carbocycles. The van der Waals surface area contributed by atoms with Crippen molar-refractivity contribution in [1.29, 1.82) is 0 Å². The van der Waals surface area contributed by atoms with E-state index >= 15 is 0 Å². The van der Waals surface area contributed by atoms with Crippen LogP contribution in [0.15, 0.2) is 48.5 Å². The number of hydrogen-bond acceptors (Lipinski definition) is 3. The fourth-order valence-electron chi connectivity index (χ4n) is 5.37. The normalized spacial score (nSPS) is 24.9. The summed E-state index contributed by atoms with van der Waals surface area (Å²) in [5.41, 5.74) is 4.57. The third-order valence-electron chi connectivity index (χ3n) is 6.90. The first kappa shape index (κ1) is 17.3. The summed E-state index contributed by atoms with van der Waals surface area (Å²) in [6.45, 7) is 1.42. The van der Waals surface area contributed by atoms with Gasteiger partial charge < -0.3 is 14.7 Å². The number of fused-ring (bicyclic) bond motifs is 4. The molecule has 1 aliphatic heterocycles. The van der Waals surface area contributed by atoms with Crippen molar-refractivity contribution in [2.45, 2.75) is 25.2 Å². The van der Waals surface area contributed by atoms with Crippen molar-refractivity contribution in [3.05, 3.63) is 59.7 Å². The molecular weight excluding hydrogens is 354 g/mol. The summed E-state index contributed by atoms with van der Waals surface area (Å²) >= 11 is 0. The van der Waals surface area contributed by atoms with Crippen LogP contribution in [0.25, 0.3) is 11.1 Å². The van der Waals surface area contributed by atoms with Crippen molar-refractivity contribution < 1.29 is 19.4 Å². The van der Waals surface area contributed by atoms with Gasteiger partial charge >= 0.3 is 12.1 Å². The lowest BCUT2D eigenvalue weighted by Crippen LogP contribution is -2.41. The Morgan fingerprint density at radius 2 is 1.71 bits per heavy atom. The summed E-state index contributed by atoms with van der Waals surface area (Å²) in [5, 5.41) is 9.21. The minimum Gasteiger partial charge on any atom is -0.481 e. The van der Waals surface area contributed by atoms with Gasteiger partial charge in [0.05, 0.1) is 6.42 Å². The highest BCUT2D eigenvalue weighted by Crippen LogP contribution is 2.54. The van der Waals surface area contributed by atoms with Gasteiger partial charge in [0.15, 0.2) is 0 Å². The van der Waals surface area contributed by atoms with Gasteiger partial charge in [0.2, 0.25) is 0 Å². The van der Waals surface area contributed by atoms with Crippen molar-refractivity contribution in [2.24, 2.45) is 11.3 Å². The first-order chi connectivity index (χ1) is 13.6. The van der Waals surface area contributed by atoms with Crippen LogP contribution in [0.4, 0.5) is 4.79 Å². The molecule has 144 valence electrons. The van der Waals surface area contributed by atoms with Crippen LogP contribution < -0.4 is 0 Å². The second kappa shape index (κ2) is 6.36. The predicted molar refractivity (Wildman–Crippen MR) is 104 cm³/mol. The molecule has 1 saturated heterocycles. The predicted octanol–water partition coefficient (Wildman–Crippen LogP) is 4.12. The van der Waals surface area contributed by atoms with E-state index < -0.39 is 5.97 Å². The molecule has 2 fully saturated rings. The Hall–Kier alpha value is -2.82. The summed E-state index contributed by atoms with van der Waals surface area (Å²) in [7, 11) is 0. The largest absolute Gasteiger partial charge is 0.481 e. The van der Waals surface area contributed by atoms with Crippen molar-refractivity contribution >= 4 is 12.1 Å². The van der Waals surface area contributed by atoms with Crippen LogP contribution in [0.5, 0.6) is 0 Å². The topological polar surface area (TPSA) is 66.8 Å². The van der Waals surface area contributed by atoms with Crippen molar-refractivity contribution in [3.63, 3.8) is 0 Å². The van der Waals surface area contributed by atoms with E-state index in [1.807, 2.05) is 24.3 Å². The highest BCUT2D eigenvalue weighted by molar-refractivity contribution is 5.79. The molecule has 0 spiro atoms. The Kier molecular flexibility index (Phi) is 3.93. The second-order valence-electron chi connectivity index (χ2n) is 8.35. The number of benzene rings is 2. The number of hydrogen-bond donors (Lipinski definition) is 1. The fraction of sp³-hybridized carbons (Fsp3) is 0.391. The number of carbonyl (C=O) groups is 2. The highest BCUT2D eigenvalue weighted by Gasteiger charge is 2.55. The maximum Gasteiger partial charge on any atom is 0.409 e. The lowest BCUT2D eigenvalue weighted by atomic mass is 9.60. The third kappa shape index (κ3) is 2.60. The van der Waals surface area contributed by atoms with Gasteiger partial charge in [0.1, 0.15) is 6.61 Å². The van der Waals surface area contributed by atoms with Gasteiger partial charge in [-0.3, -0.25) is 4.79 Å². The van der Waals surface area contributed by atoms with Crippen LogP contribution in [-0.4, -0.2) is 41.8 Å². The molecule has 0 unspecified atom stereocenters. The molecule has 3 aliphatic rings. The van der Waals surface area contributed by atoms with Crippen molar-refractivity contribution in [1.82, 2.24) is 4.90 Å². The third-order valence-corrected chi connectivity index (χ3v) is 6.90. The monoisotopic (exact) mass is 377 g/mol. The molecule has 2 atom stereocenters. The zero-order valence-corrected chi connectivity index (χ0v) is 15.6. The summed E-state index contributed by atoms with van der Waals surface area (Å²) in [4.78, 5) is 25.7. The van der Waals surface area contributed by atoms with E-state index in [4.69, 9.17) is 4.74 Å². The molecule has 0 aromatic heterocycles. The Labute approximate surface area is 163 Å². The summed E-state index contributed by atoms with van der Waals surface area (Å²) in [6, 6.07) is 16.5. The van der Waals surface area contributed by atoms with E-state index in [-0.39, 0.29) is 23.8 Å². The maximum atomic E-state index is 12.7. The molecule has 5 heteroatoms. The molecule has 5 rings (SSSR count). The molecule has 1 saturated carbocycles. The average Bonchev–Trinajstić information content (AvgIpc) is 3.13. The number of nitrogens with zero attached hydrogens (tertiary/aromatic N) is 1. The number of likely N-dealkylation sites (tertiary alicyclic amines) is 1. The summed E-state index contributed by atoms with van der Waals surface area (Å²) < 4.78 is 5.74. The van der Waals surface area contributed by atoms with Crippen LogP contribution >= 0.6 is 0 Å². The Bertz CT molecular complexity index is 910. The molecular formula is C23H23NO4. The zero-order chi connectivity index (χ0) is 19.3. The Morgan fingerprint density at radius 1 is 1.07 bits per heavy atom. The van der Waals surface area contributed by atoms with E-state index in [0.717, 1.165) is 12.8 Å². The lowest BCUT2D eigenvalue weighted by molar-refractivity contribution is -0.142. The Morgan fingerprint density at radius 3 is 2.29 bits per heavy atom. The quantitative estimate of drug-likeness (QED) is 0.870. The summed E-state index contributed by atoms with van der Waals surface area (Å²) in [6.07, 6.45) is 1.71. The van der Waals surface area contributed by atoms with Gasteiger partial charge in [-0.2, -0.15) is 0 Å². The standard InChI is InChI=1S/C23H23NO4/c25-21(26)11-23-10-9-15(23)12-24(14-23)22(27)28-13-20-18-7-3-1-5-16(18)17-6-2-4-8-19(17)20/h1-8,15,20H,9-14H2,(H,25,26)/t15-,23-/m0/s1. The van der Waals surface area contributed by atoms with Gasteiger partial charge in [-0.15, -0.1) is 0 Å². The molecule has 1 heterocycles. The minimum atomic E-state index is -0.779. The molecule has 0 bridgehead atoms. The van der Waals surface area contributed by atoms with E-state index in [9.17, 15) is 14.7 Å². The first-order valence-corrected chi connectivity index (χ1v) is 9.89. The second-order valence-corrected chi connectivity index (χ2v) is 8.35. The van der Waals surface area contributed by atoms with Gasteiger partial charge in [0, 0.05) is 24.4 Å². The molecule has 0 radical (unpaired) electrons. The molecule has 5 nitrogen and oxygen atoms in total. The van der Waals surface area contributed by atoms with Crippen molar-refractivity contribution in [3.8, 4) is 11.1 Å². The number of amides is 1. The van der Waals surface area contributed by atoms with Gasteiger partial charge in [-0.1, -0.05) is 48.5 Å². The Balaban J connectivity index is 1.30. The zero-order valence-electron chi connectivity index (χ0n) is 15.6. The first-order valence-electron chi connectivity index (χ1n) is 9.89. The molecule has 1 amide bonds. The maximum absolute atomic E-state index is 12.7. The number of carbonyl (C=O) groups excluding carboxylic acids is 1. The van der Waals surface area contributed by atoms with Crippen molar-refractivity contribution in [2.75, 3.05) is 19.7 Å². The van der Waals surface area contributed by atoms with E-state index in [1.165, 1.54) is 22.3 Å². The van der Waals surface area contributed by atoms with Gasteiger partial charge in [-0.05, 0) is 41.0 Å². The molecule has 28 heavy (non-hydrogen) atoms. The van der Waals surface area contributed by atoms with E-state index in [1.54, 1.807) is 4.90 Å². The molecule has 2 aromatic rings. The van der Waals surface area contributed by atoms with Gasteiger partial charge in [-0.25, -0.2) is 4.79 Å². The number of carboxylic acids is 1. The van der Waals surface area contributed by atoms with Crippen LogP contribution in [0, 0.1) is 11.3 Å². The van der Waals surface area contributed by atoms with Crippen LogP contribution in [0.2, 0.25) is 0 Å². The van der Waals surface area contributed by atoms with Crippen LogP contribution in [0.3, 0.4) is 0 Å². The van der Waals surface area contributed by atoms with E-state index in [2.05, 4.69) is 24.3 Å².